The van der Waals surface area contributed by atoms with E-state index in [1.54, 1.807) is 0 Å². The second-order valence-corrected chi connectivity index (χ2v) is 61.8. The van der Waals surface area contributed by atoms with Gasteiger partial charge in [0, 0.05) is 58.3 Å². The lowest BCUT2D eigenvalue weighted by Gasteiger charge is -2.42. The molecule has 0 aliphatic carbocycles. The minimum atomic E-state index is -2.14. The quantitative estimate of drug-likeness (QED) is 0.0287. The largest absolute Gasteiger partial charge is 0.465 e. The fraction of sp³-hybridized carbons (Fsp3) is 0.781. The Morgan fingerprint density at radius 2 is 0.802 bits per heavy atom. The van der Waals surface area contributed by atoms with Crippen molar-refractivity contribution in [2.24, 2.45) is 29.1 Å². The number of esters is 1. The summed E-state index contributed by atoms with van der Waals surface area (Å²) in [7, 11) is -4.60. The maximum absolute atomic E-state index is 12.2. The van der Waals surface area contributed by atoms with Crippen LogP contribution < -0.4 is 0 Å². The summed E-state index contributed by atoms with van der Waals surface area (Å²) in [5, 5.41) is 9.63. The molecule has 25 heteroatoms. The van der Waals surface area contributed by atoms with Crippen LogP contribution in [0, 0.1) is 29.1 Å². The summed E-state index contributed by atoms with van der Waals surface area (Å²) < 4.78 is 121. The van der Waals surface area contributed by atoms with Gasteiger partial charge in [-0.3, -0.25) is 4.79 Å². The number of ether oxygens (including phenoxy) is 9. The molecule has 1 N–H and O–H groups in total. The zero-order valence-electron chi connectivity index (χ0n) is 79.3. The summed E-state index contributed by atoms with van der Waals surface area (Å²) in [5.41, 5.74) is 6.73. The van der Waals surface area contributed by atoms with E-state index in [0.29, 0.717) is 38.1 Å². The smallest absolute Gasteiger partial charge is 0.335 e. The lowest BCUT2D eigenvalue weighted by Crippen LogP contribution is -2.49. The van der Waals surface area contributed by atoms with Gasteiger partial charge in [-0.05, 0) is 228 Å². The molecule has 0 aromatic heterocycles. The molecule has 19 nitrogen and oxygen atoms in total. The first-order chi connectivity index (χ1) is 55.7. The van der Waals surface area contributed by atoms with E-state index in [4.69, 9.17) is 77.2 Å². The van der Waals surface area contributed by atoms with Crippen LogP contribution in [0.4, 0.5) is 0 Å². The predicted molar refractivity (Wildman–Crippen MR) is 502 cm³/mol. The number of carbonyl (C=O) groups excluding carboxylic acids is 1. The number of hydrogen-bond donors (Lipinski definition) is 1. The summed E-state index contributed by atoms with van der Waals surface area (Å²) in [6.07, 6.45) is 14.7. The molecular formula is C96H168O19S2Si4. The van der Waals surface area contributed by atoms with Crippen LogP contribution in [0.15, 0.2) is 109 Å². The highest BCUT2D eigenvalue weighted by atomic mass is 32.1. The van der Waals surface area contributed by atoms with E-state index < -0.39 is 61.8 Å². The zero-order chi connectivity index (χ0) is 90.3. The van der Waals surface area contributed by atoms with Gasteiger partial charge in [0.1, 0.15) is 0 Å². The highest BCUT2D eigenvalue weighted by molar-refractivity contribution is 7.52. The SMILES string of the molecule is C.C=C1C[C@H](CCCO)OC1CC[C@H]1C[C@@H](C)C(=C)C(C[C@@H]2O[C@H](C[C@@H](CO[Si](C)(C)C(C)(C)C)O[Si](C)(C)C(C)(C)C)[C@H](OC)[C@H]2Cc2ccccc2)O1.C=C1C[C@H](CCCOC(=O)C(C)(C)C)OC1CC[C@H]1C[C@@H](C)C(=C)C(C[C@@H]2O[C@H](C[C@@H](CO[Si](C)(C)C(C)(C)C)O[Si](C)(C)C(C)(C)C)[C@H](OC)[C@H]2Cc2ccccc2)O1.O=S=O.O=S=O. The Balaban J connectivity index is 0.000000476. The Morgan fingerprint density at radius 1 is 0.471 bits per heavy atom. The molecule has 0 radical (unpaired) electrons. The normalized spacial score (nSPS) is 28.2. The lowest BCUT2D eigenvalue weighted by atomic mass is 9.81. The minimum absolute atomic E-state index is 0. The van der Waals surface area contributed by atoms with Crippen molar-refractivity contribution < 1.29 is 87.1 Å². The van der Waals surface area contributed by atoms with Crippen molar-refractivity contribution in [2.45, 2.75) is 411 Å². The van der Waals surface area contributed by atoms with Gasteiger partial charge in [-0.25, -0.2) is 0 Å². The second-order valence-electron chi connectivity index (χ2n) is 42.4. The van der Waals surface area contributed by atoms with Crippen LogP contribution in [0.3, 0.4) is 0 Å². The average Bonchev–Trinajstić information content (AvgIpc) is 1.69. The first-order valence-electron chi connectivity index (χ1n) is 44.7. The molecule has 2 aromatic carbocycles. The third-order valence-corrected chi connectivity index (χ3v) is 46.1. The number of rotatable bonds is 37. The maximum Gasteiger partial charge on any atom is 0.335 e. The molecule has 6 aliphatic rings. The highest BCUT2D eigenvalue weighted by Gasteiger charge is 2.53. The number of hydrogen-bond acceptors (Lipinski definition) is 19. The molecule has 4 unspecified atom stereocenters. The van der Waals surface area contributed by atoms with Crippen LogP contribution in [-0.4, -0.2) is 199 Å². The van der Waals surface area contributed by atoms with Crippen molar-refractivity contribution in [3.63, 3.8) is 0 Å². The maximum atomic E-state index is 12.2. The Kier molecular flexibility index (Phi) is 44.7. The van der Waals surface area contributed by atoms with E-state index in [2.05, 4.69) is 236 Å². The number of aliphatic hydroxyl groups is 1. The second kappa shape index (κ2) is 49.0. The number of methoxy groups -OCH3 is 2. The Morgan fingerprint density at radius 3 is 1.12 bits per heavy atom. The summed E-state index contributed by atoms with van der Waals surface area (Å²) in [6.45, 7) is 76.1. The van der Waals surface area contributed by atoms with Crippen molar-refractivity contribution in [1.82, 2.24) is 0 Å². The molecule has 2 aromatic rings. The van der Waals surface area contributed by atoms with Gasteiger partial charge in [-0.15, -0.1) is 0 Å². The number of aliphatic hydroxyl groups excluding tert-OH is 1. The van der Waals surface area contributed by atoms with Crippen molar-refractivity contribution in [3.05, 3.63) is 120 Å². The van der Waals surface area contributed by atoms with Gasteiger partial charge in [0.2, 0.25) is 0 Å². The van der Waals surface area contributed by atoms with E-state index in [1.807, 2.05) is 35.0 Å². The lowest BCUT2D eigenvalue weighted by molar-refractivity contribution is -0.153. The van der Waals surface area contributed by atoms with E-state index in [-0.39, 0.29) is 150 Å². The van der Waals surface area contributed by atoms with E-state index in [0.717, 1.165) is 120 Å². The topological polar surface area (TPSA) is 226 Å². The summed E-state index contributed by atoms with van der Waals surface area (Å²) in [4.78, 5) is 12.2. The third-order valence-electron chi connectivity index (χ3n) is 28.0. The summed E-state index contributed by atoms with van der Waals surface area (Å²) >= 11 is -1.50. The van der Waals surface area contributed by atoms with Crippen molar-refractivity contribution >= 4 is 62.4 Å². The minimum Gasteiger partial charge on any atom is -0.465 e. The molecule has 20 atom stereocenters. The Hall–Kier alpha value is -3.14. The summed E-state index contributed by atoms with van der Waals surface area (Å²) in [5.74, 6) is 0.815. The van der Waals surface area contributed by atoms with E-state index in [1.165, 1.54) is 22.3 Å². The van der Waals surface area contributed by atoms with E-state index >= 15 is 0 Å². The van der Waals surface area contributed by atoms with Crippen LogP contribution in [-0.2, 0) is 101 Å². The third kappa shape index (κ3) is 33.7. The van der Waals surface area contributed by atoms with Crippen LogP contribution >= 0.6 is 0 Å². The number of carbonyl (C=O) groups is 1. The summed E-state index contributed by atoms with van der Waals surface area (Å²) in [6, 6.07) is 21.5. The van der Waals surface area contributed by atoms with Gasteiger partial charge in [-0.2, -0.15) is 16.8 Å². The average molecular weight is 1800 g/mol. The fourth-order valence-corrected chi connectivity index (χ4v) is 21.2. The van der Waals surface area contributed by atoms with E-state index in [9.17, 15) is 9.90 Å². The predicted octanol–water partition coefficient (Wildman–Crippen LogP) is 21.8. The molecule has 0 amide bonds. The molecule has 6 saturated heterocycles. The molecule has 694 valence electrons. The van der Waals surface area contributed by atoms with Gasteiger partial charge < -0.3 is 65.4 Å². The molecule has 8 rings (SSSR count). The van der Waals surface area contributed by atoms with Gasteiger partial charge in [0.15, 0.2) is 33.3 Å². The Labute approximate surface area is 745 Å². The highest BCUT2D eigenvalue weighted by Crippen LogP contribution is 2.48. The molecule has 0 bridgehead atoms. The molecule has 6 heterocycles. The van der Waals surface area contributed by atoms with Crippen LogP contribution in [0.25, 0.3) is 0 Å². The molecule has 0 saturated carbocycles. The van der Waals surface area contributed by atoms with Crippen LogP contribution in [0.1, 0.15) is 239 Å². The molecular weight excluding hydrogens is 1630 g/mol. The molecule has 6 fully saturated rings. The van der Waals surface area contributed by atoms with Crippen LogP contribution in [0.2, 0.25) is 72.5 Å². The van der Waals surface area contributed by atoms with Crippen molar-refractivity contribution in [2.75, 3.05) is 40.6 Å². The molecule has 121 heavy (non-hydrogen) atoms. The van der Waals surface area contributed by atoms with Gasteiger partial charge in [-0.1, -0.05) is 191 Å². The fourth-order valence-electron chi connectivity index (χ4n) is 16.4. The van der Waals surface area contributed by atoms with Gasteiger partial charge in [0.25, 0.3) is 0 Å². The molecule has 0 spiro atoms. The zero-order valence-corrected chi connectivity index (χ0v) is 85.0. The first-order valence-corrected chi connectivity index (χ1v) is 57.7. The van der Waals surface area contributed by atoms with Gasteiger partial charge >= 0.3 is 29.1 Å². The first kappa shape index (κ1) is 110. The van der Waals surface area contributed by atoms with Gasteiger partial charge in [0.05, 0.1) is 123 Å². The molecule has 6 aliphatic heterocycles. The van der Waals surface area contributed by atoms with Crippen molar-refractivity contribution in [1.29, 1.82) is 0 Å². The van der Waals surface area contributed by atoms with Crippen LogP contribution in [0.5, 0.6) is 0 Å². The number of benzene rings is 2. The Bertz CT molecular complexity index is 3520. The monoisotopic (exact) mass is 1800 g/mol. The standard InChI is InChI=1S/C50H86O8Si2.C45H78O7Si2.CH4.2O2S/c1-34-28-39(25-26-42-35(2)29-38(55-42)24-21-27-53-47(51)48(4,5)6)56-43(36(34)3)32-44-41(30-37-22-19-18-20-23-37)46(52-13)45(57-44)31-40(58-60(16,17)50(10,11)12)33-54-59(14,15)49(7,8)9;1-31-25-36(22-23-39-32(2)26-35(49-39)21-18-24-46)50-40(33(31)3)29-41-38(27-34-19-16-15-17-20-34)43(47-10)42(51-41)28-37(52-54(13,14)45(7,8)9)30-48-53(11,12)44(4,5)6;;2*1-3-2/h18-20,22-23,34,38-46H,2-3,21,24-33H2,1,4-17H3;15-17,19-20,31,35-43,46H,2-3,18,21-30H2,1,4-14H3;1H4;;/t34-,38+,39+,40+,41+,42?,43?,44+,45-,46-;31-,35+,36+,37+,38+,39?,40?,41+,42-,43-;;;/m11.../s1. The van der Waals surface area contributed by atoms with Crippen molar-refractivity contribution in [3.8, 4) is 0 Å².